The maximum Gasteiger partial charge on any atom is 0.326 e. The van der Waals surface area contributed by atoms with Gasteiger partial charge in [-0.2, -0.15) is 5.26 Å². The van der Waals surface area contributed by atoms with Crippen LogP contribution in [0.5, 0.6) is 0 Å². The van der Waals surface area contributed by atoms with Gasteiger partial charge in [0.15, 0.2) is 5.78 Å². The lowest BCUT2D eigenvalue weighted by molar-refractivity contribution is -0.138. The first-order valence-corrected chi connectivity index (χ1v) is 11.6. The molecule has 10 heteroatoms. The molecular weight excluding hydrogens is 487 g/mol. The minimum absolute atomic E-state index is 0.0725. The molecular formula is C23H16Cl2N2O5S. The largest absolute Gasteiger partial charge is 0.468 e. The predicted molar refractivity (Wildman–Crippen MR) is 124 cm³/mol. The van der Waals surface area contributed by atoms with Crippen LogP contribution in [-0.2, 0) is 19.6 Å². The second-order valence-electron chi connectivity index (χ2n) is 6.69. The van der Waals surface area contributed by atoms with Crippen molar-refractivity contribution >= 4 is 50.7 Å². The van der Waals surface area contributed by atoms with Gasteiger partial charge in [-0.25, -0.2) is 8.42 Å². The van der Waals surface area contributed by atoms with E-state index in [0.717, 1.165) is 11.4 Å². The van der Waals surface area contributed by atoms with Crippen LogP contribution < -0.4 is 4.31 Å². The summed E-state index contributed by atoms with van der Waals surface area (Å²) in [7, 11) is -3.23. The van der Waals surface area contributed by atoms with Gasteiger partial charge in [0.25, 0.3) is 10.0 Å². The zero-order chi connectivity index (χ0) is 24.2. The van der Waals surface area contributed by atoms with Gasteiger partial charge >= 0.3 is 5.97 Å². The van der Waals surface area contributed by atoms with Crippen LogP contribution in [-0.4, -0.2) is 33.8 Å². The lowest BCUT2D eigenvalue weighted by Gasteiger charge is -2.25. The molecule has 0 amide bonds. The lowest BCUT2D eigenvalue weighted by atomic mass is 10.0. The Bertz CT molecular complexity index is 1370. The maximum atomic E-state index is 13.5. The highest BCUT2D eigenvalue weighted by atomic mass is 35.5. The normalized spacial score (nSPS) is 10.8. The number of esters is 1. The minimum Gasteiger partial charge on any atom is -0.468 e. The Morgan fingerprint density at radius 1 is 1.00 bits per heavy atom. The molecule has 3 aromatic carbocycles. The molecule has 0 aromatic heterocycles. The van der Waals surface area contributed by atoms with Crippen LogP contribution in [0.3, 0.4) is 0 Å². The number of hydrogen-bond acceptors (Lipinski definition) is 6. The number of nitrogens with zero attached hydrogens (tertiary/aromatic N) is 2. The van der Waals surface area contributed by atoms with Crippen molar-refractivity contribution in [1.29, 1.82) is 5.26 Å². The van der Waals surface area contributed by atoms with Gasteiger partial charge in [-0.05, 0) is 54.6 Å². The van der Waals surface area contributed by atoms with Crippen LogP contribution >= 0.6 is 23.2 Å². The lowest BCUT2D eigenvalue weighted by Crippen LogP contribution is -2.37. The van der Waals surface area contributed by atoms with Gasteiger partial charge in [-0.1, -0.05) is 35.3 Å². The SMILES string of the molecule is COC(=O)CN(c1ccc(Cl)cc1C(=O)c1ccccc1Cl)S(=O)(=O)c1ccc(C#N)cc1. The highest BCUT2D eigenvalue weighted by Crippen LogP contribution is 2.32. The molecule has 33 heavy (non-hydrogen) atoms. The number of anilines is 1. The molecule has 0 N–H and O–H groups in total. The van der Waals surface area contributed by atoms with E-state index in [4.69, 9.17) is 28.5 Å². The van der Waals surface area contributed by atoms with E-state index in [-0.39, 0.29) is 37.3 Å². The van der Waals surface area contributed by atoms with Gasteiger partial charge in [-0.15, -0.1) is 0 Å². The molecule has 0 atom stereocenters. The molecule has 0 saturated carbocycles. The summed E-state index contributed by atoms with van der Waals surface area (Å²) < 4.78 is 32.5. The molecule has 0 spiro atoms. The fraction of sp³-hybridized carbons (Fsp3) is 0.0870. The molecule has 168 valence electrons. The number of rotatable bonds is 7. The minimum atomic E-state index is -4.35. The van der Waals surface area contributed by atoms with E-state index in [1.165, 1.54) is 54.6 Å². The van der Waals surface area contributed by atoms with Crippen molar-refractivity contribution < 1.29 is 22.7 Å². The summed E-state index contributed by atoms with van der Waals surface area (Å²) in [5, 5.41) is 9.34. The first-order valence-electron chi connectivity index (χ1n) is 9.37. The van der Waals surface area contributed by atoms with Crippen LogP contribution in [0.25, 0.3) is 0 Å². The average molecular weight is 503 g/mol. The van der Waals surface area contributed by atoms with E-state index in [9.17, 15) is 18.0 Å². The molecule has 0 aliphatic heterocycles. The summed E-state index contributed by atoms with van der Waals surface area (Å²) in [5.74, 6) is -1.43. The van der Waals surface area contributed by atoms with Crippen molar-refractivity contribution in [3.63, 3.8) is 0 Å². The quantitative estimate of drug-likeness (QED) is 0.348. The van der Waals surface area contributed by atoms with Crippen LogP contribution in [0.1, 0.15) is 21.5 Å². The van der Waals surface area contributed by atoms with Gasteiger partial charge in [0.1, 0.15) is 6.54 Å². The topological polar surface area (TPSA) is 105 Å². The van der Waals surface area contributed by atoms with E-state index in [0.29, 0.717) is 0 Å². The Balaban J connectivity index is 2.21. The van der Waals surface area contributed by atoms with E-state index in [1.54, 1.807) is 12.1 Å². The van der Waals surface area contributed by atoms with Gasteiger partial charge in [0, 0.05) is 16.1 Å². The Morgan fingerprint density at radius 2 is 1.67 bits per heavy atom. The summed E-state index contributed by atoms with van der Waals surface area (Å²) in [4.78, 5) is 25.3. The zero-order valence-electron chi connectivity index (χ0n) is 17.2. The molecule has 0 radical (unpaired) electrons. The highest BCUT2D eigenvalue weighted by molar-refractivity contribution is 7.92. The molecule has 3 rings (SSSR count). The van der Waals surface area contributed by atoms with E-state index >= 15 is 0 Å². The number of carbonyl (C=O) groups is 2. The van der Waals surface area contributed by atoms with Crippen LogP contribution in [0.15, 0.2) is 71.6 Å². The predicted octanol–water partition coefficient (Wildman–Crippen LogP) is 4.46. The third-order valence-corrected chi connectivity index (χ3v) is 7.00. The number of ether oxygens (including phenoxy) is 1. The third kappa shape index (κ3) is 5.17. The molecule has 0 unspecified atom stereocenters. The van der Waals surface area contributed by atoms with Crippen LogP contribution in [0.2, 0.25) is 10.0 Å². The molecule has 0 bridgehead atoms. The van der Waals surface area contributed by atoms with Crippen LogP contribution in [0.4, 0.5) is 5.69 Å². The van der Waals surface area contributed by atoms with E-state index in [1.807, 2.05) is 6.07 Å². The number of benzene rings is 3. The van der Waals surface area contributed by atoms with Crippen molar-refractivity contribution in [2.75, 3.05) is 18.0 Å². The van der Waals surface area contributed by atoms with Crippen molar-refractivity contribution in [3.05, 3.63) is 93.5 Å². The highest BCUT2D eigenvalue weighted by Gasteiger charge is 2.31. The third-order valence-electron chi connectivity index (χ3n) is 4.66. The maximum absolute atomic E-state index is 13.5. The second-order valence-corrected chi connectivity index (χ2v) is 9.40. The van der Waals surface area contributed by atoms with E-state index < -0.39 is 28.3 Å². The molecule has 0 fully saturated rings. The first kappa shape index (κ1) is 24.3. The van der Waals surface area contributed by atoms with Crippen molar-refractivity contribution in [3.8, 4) is 6.07 Å². The van der Waals surface area contributed by atoms with Gasteiger partial charge < -0.3 is 4.74 Å². The molecule has 3 aromatic rings. The number of nitriles is 1. The smallest absolute Gasteiger partial charge is 0.326 e. The van der Waals surface area contributed by atoms with Gasteiger partial charge in [0.05, 0.1) is 34.3 Å². The fourth-order valence-corrected chi connectivity index (χ4v) is 4.83. The Kier molecular flexibility index (Phi) is 7.39. The summed E-state index contributed by atoms with van der Waals surface area (Å²) >= 11 is 12.3. The molecule has 0 aliphatic carbocycles. The summed E-state index contributed by atoms with van der Waals surface area (Å²) in [5.41, 5.74) is 0.238. The fourth-order valence-electron chi connectivity index (χ4n) is 3.01. The summed E-state index contributed by atoms with van der Waals surface area (Å²) in [6.45, 7) is -0.705. The average Bonchev–Trinajstić information content (AvgIpc) is 2.82. The van der Waals surface area contributed by atoms with Crippen molar-refractivity contribution in [2.24, 2.45) is 0 Å². The number of carbonyl (C=O) groups excluding carboxylic acids is 2. The van der Waals surface area contributed by atoms with Crippen molar-refractivity contribution in [1.82, 2.24) is 0 Å². The molecule has 7 nitrogen and oxygen atoms in total. The Hall–Kier alpha value is -3.38. The summed E-state index contributed by atoms with van der Waals surface area (Å²) in [6, 6.07) is 17.4. The molecule has 0 heterocycles. The number of ketones is 1. The molecule has 0 aliphatic rings. The summed E-state index contributed by atoms with van der Waals surface area (Å²) in [6.07, 6.45) is 0. The Labute approximate surface area is 200 Å². The second kappa shape index (κ2) is 10.0. The van der Waals surface area contributed by atoms with E-state index in [2.05, 4.69) is 4.74 Å². The monoisotopic (exact) mass is 502 g/mol. The van der Waals surface area contributed by atoms with Crippen molar-refractivity contribution in [2.45, 2.75) is 4.90 Å². The number of hydrogen-bond donors (Lipinski definition) is 0. The molecule has 0 saturated heterocycles. The van der Waals surface area contributed by atoms with Gasteiger partial charge in [-0.3, -0.25) is 13.9 Å². The number of sulfonamides is 1. The Morgan fingerprint density at radius 3 is 2.27 bits per heavy atom. The van der Waals surface area contributed by atoms with Crippen LogP contribution in [0, 0.1) is 11.3 Å². The standard InChI is InChI=1S/C23H16Cl2N2O5S/c1-32-22(28)14-27(33(30,31)17-9-6-15(13-26)7-10-17)21-11-8-16(24)12-19(21)23(29)18-4-2-3-5-20(18)25/h2-12H,14H2,1H3. The number of halogens is 2. The first-order chi connectivity index (χ1) is 15.7. The number of methoxy groups -OCH3 is 1. The van der Waals surface area contributed by atoms with Gasteiger partial charge in [0.2, 0.25) is 0 Å². The zero-order valence-corrected chi connectivity index (χ0v) is 19.5.